The highest BCUT2D eigenvalue weighted by Crippen LogP contribution is 2.44. The second-order valence-corrected chi connectivity index (χ2v) is 8.12. The summed E-state index contributed by atoms with van der Waals surface area (Å²) < 4.78 is 0. The number of hydrogen-bond acceptors (Lipinski definition) is 2. The fourth-order valence-corrected chi connectivity index (χ4v) is 5.37. The highest BCUT2D eigenvalue weighted by atomic mass is 15.1. The normalized spacial score (nSPS) is 26.1. The lowest BCUT2D eigenvalue weighted by molar-refractivity contribution is 0.112. The molecule has 3 aromatic rings. The van der Waals surface area contributed by atoms with E-state index >= 15 is 0 Å². The molecule has 3 atom stereocenters. The molecule has 2 aromatic heterocycles. The molecule has 2 aliphatic rings. The van der Waals surface area contributed by atoms with Gasteiger partial charge in [-0.2, -0.15) is 5.10 Å². The monoisotopic (exact) mass is 334 g/mol. The molecule has 0 spiro atoms. The van der Waals surface area contributed by atoms with Gasteiger partial charge in [0.15, 0.2) is 0 Å². The summed E-state index contributed by atoms with van der Waals surface area (Å²) in [5, 5.41) is 9.04. The van der Waals surface area contributed by atoms with Crippen LogP contribution < -0.4 is 0 Å². The van der Waals surface area contributed by atoms with Crippen LogP contribution in [0.2, 0.25) is 0 Å². The zero-order valence-corrected chi connectivity index (χ0v) is 15.3. The summed E-state index contributed by atoms with van der Waals surface area (Å²) >= 11 is 0. The van der Waals surface area contributed by atoms with Crippen LogP contribution in [0.5, 0.6) is 0 Å². The van der Waals surface area contributed by atoms with E-state index in [2.05, 4.69) is 65.4 Å². The molecule has 4 nitrogen and oxygen atoms in total. The van der Waals surface area contributed by atoms with Crippen LogP contribution >= 0.6 is 0 Å². The molecule has 0 amide bonds. The first kappa shape index (κ1) is 15.2. The Morgan fingerprint density at radius 2 is 2.16 bits per heavy atom. The van der Waals surface area contributed by atoms with Crippen molar-refractivity contribution in [3.63, 3.8) is 0 Å². The number of hydrogen-bond donors (Lipinski definition) is 2. The molecule has 1 saturated heterocycles. The van der Waals surface area contributed by atoms with Gasteiger partial charge in [-0.25, -0.2) is 0 Å². The number of nitrogens with zero attached hydrogens (tertiary/aromatic N) is 2. The van der Waals surface area contributed by atoms with Crippen molar-refractivity contribution in [1.82, 2.24) is 20.1 Å². The van der Waals surface area contributed by atoms with Gasteiger partial charge in [-0.3, -0.25) is 5.10 Å². The maximum absolute atomic E-state index is 4.39. The van der Waals surface area contributed by atoms with Gasteiger partial charge in [0.25, 0.3) is 0 Å². The number of rotatable bonds is 2. The first-order valence-electron chi connectivity index (χ1n) is 9.41. The number of nitrogens with one attached hydrogen (secondary N) is 2. The van der Waals surface area contributed by atoms with E-state index in [1.54, 1.807) is 5.56 Å². The van der Waals surface area contributed by atoms with Gasteiger partial charge in [0.2, 0.25) is 0 Å². The lowest BCUT2D eigenvalue weighted by Gasteiger charge is -2.45. The molecule has 130 valence electrons. The lowest BCUT2D eigenvalue weighted by atomic mass is 9.71. The van der Waals surface area contributed by atoms with Crippen LogP contribution in [0.4, 0.5) is 0 Å². The smallest absolute Gasteiger partial charge is 0.0626 e. The summed E-state index contributed by atoms with van der Waals surface area (Å²) in [6.45, 7) is 5.46. The van der Waals surface area contributed by atoms with Gasteiger partial charge in [-0.15, -0.1) is 0 Å². The van der Waals surface area contributed by atoms with Crippen molar-refractivity contribution >= 4 is 10.9 Å². The van der Waals surface area contributed by atoms with E-state index in [9.17, 15) is 0 Å². The topological polar surface area (TPSA) is 47.7 Å². The summed E-state index contributed by atoms with van der Waals surface area (Å²) in [4.78, 5) is 6.09. The maximum Gasteiger partial charge on any atom is 0.0626 e. The minimum atomic E-state index is 0.636. The zero-order valence-electron chi connectivity index (χ0n) is 15.3. The number of piperidine rings is 1. The Morgan fingerprint density at radius 3 is 2.96 bits per heavy atom. The number of benzene rings is 1. The molecule has 0 bridgehead atoms. The van der Waals surface area contributed by atoms with Crippen LogP contribution in [-0.2, 0) is 12.8 Å². The number of likely N-dealkylation sites (tertiary alicyclic amines) is 1. The molecular weight excluding hydrogens is 308 g/mol. The Labute approximate surface area is 148 Å². The Balaban J connectivity index is 1.50. The Bertz CT molecular complexity index is 915. The Kier molecular flexibility index (Phi) is 3.32. The predicted molar refractivity (Wildman–Crippen MR) is 101 cm³/mol. The van der Waals surface area contributed by atoms with E-state index in [4.69, 9.17) is 0 Å². The van der Waals surface area contributed by atoms with Crippen molar-refractivity contribution in [2.75, 3.05) is 13.6 Å². The highest BCUT2D eigenvalue weighted by Gasteiger charge is 2.39. The van der Waals surface area contributed by atoms with Crippen LogP contribution in [0, 0.1) is 19.8 Å². The molecule has 25 heavy (non-hydrogen) atoms. The molecule has 1 aliphatic heterocycles. The molecule has 0 radical (unpaired) electrons. The third-order valence-electron chi connectivity index (χ3n) is 6.59. The van der Waals surface area contributed by atoms with E-state index in [1.165, 1.54) is 52.8 Å². The number of aromatic nitrogens is 3. The largest absolute Gasteiger partial charge is 0.361 e. The van der Waals surface area contributed by atoms with Crippen LogP contribution in [0.25, 0.3) is 10.9 Å². The SMILES string of the molecule is Cc1n[nH]c(C)c1C[C@@H]1C[C@@H]2c3cccc4[nH]cc(c34)C[C@H]2N(C)C1. The standard InChI is InChI=1S/C21H26N4/c1-12-17(13(2)24-23-12)7-14-8-18-16-5-4-6-19-21(16)15(10-22-19)9-20(18)25(3)11-14/h4-6,10,14,18,20,22H,7-9,11H2,1-3H3,(H,23,24)/t14-,18-,20-/m1/s1. The maximum atomic E-state index is 4.39. The Hall–Kier alpha value is -2.07. The molecule has 1 aromatic carbocycles. The van der Waals surface area contributed by atoms with Crippen molar-refractivity contribution in [2.45, 2.75) is 45.1 Å². The quantitative estimate of drug-likeness (QED) is 0.750. The fraction of sp³-hybridized carbons (Fsp3) is 0.476. The molecule has 2 N–H and O–H groups in total. The van der Waals surface area contributed by atoms with Crippen molar-refractivity contribution in [3.05, 3.63) is 52.5 Å². The number of H-pyrrole nitrogens is 2. The van der Waals surface area contributed by atoms with E-state index in [0.717, 1.165) is 6.42 Å². The summed E-state index contributed by atoms with van der Waals surface area (Å²) in [6.07, 6.45) is 5.82. The first-order valence-corrected chi connectivity index (χ1v) is 9.41. The summed E-state index contributed by atoms with van der Waals surface area (Å²) in [7, 11) is 2.32. The van der Waals surface area contributed by atoms with Crippen LogP contribution in [0.1, 0.15) is 40.4 Å². The van der Waals surface area contributed by atoms with Gasteiger partial charge >= 0.3 is 0 Å². The van der Waals surface area contributed by atoms with Gasteiger partial charge in [0.1, 0.15) is 0 Å². The van der Waals surface area contributed by atoms with Crippen LogP contribution in [-0.4, -0.2) is 39.7 Å². The number of aryl methyl sites for hydroxylation is 2. The fourth-order valence-electron chi connectivity index (χ4n) is 5.37. The van der Waals surface area contributed by atoms with E-state index in [-0.39, 0.29) is 0 Å². The van der Waals surface area contributed by atoms with Crippen molar-refractivity contribution in [3.8, 4) is 0 Å². The molecular formula is C21H26N4. The second-order valence-electron chi connectivity index (χ2n) is 8.12. The van der Waals surface area contributed by atoms with Crippen LogP contribution in [0.3, 0.4) is 0 Å². The third-order valence-corrected chi connectivity index (χ3v) is 6.59. The van der Waals surface area contributed by atoms with E-state index < -0.39 is 0 Å². The summed E-state index contributed by atoms with van der Waals surface area (Å²) in [5.41, 5.74) is 8.19. The molecule has 0 unspecified atom stereocenters. The number of fused-ring (bicyclic) bond motifs is 2. The van der Waals surface area contributed by atoms with E-state index in [1.807, 2.05) is 0 Å². The second kappa shape index (κ2) is 5.46. The van der Waals surface area contributed by atoms with Gasteiger partial charge in [0, 0.05) is 41.3 Å². The number of aromatic amines is 2. The minimum absolute atomic E-state index is 0.636. The van der Waals surface area contributed by atoms with Crippen LogP contribution in [0.15, 0.2) is 24.4 Å². The van der Waals surface area contributed by atoms with Gasteiger partial charge in [0.05, 0.1) is 5.69 Å². The lowest BCUT2D eigenvalue weighted by Crippen LogP contribution is -2.48. The van der Waals surface area contributed by atoms with Crippen molar-refractivity contribution < 1.29 is 0 Å². The molecule has 1 fully saturated rings. The molecule has 5 rings (SSSR count). The van der Waals surface area contributed by atoms with Crippen molar-refractivity contribution in [2.24, 2.45) is 5.92 Å². The predicted octanol–water partition coefficient (Wildman–Crippen LogP) is 3.71. The zero-order chi connectivity index (χ0) is 17.1. The third kappa shape index (κ3) is 2.27. The number of likely N-dealkylation sites (N-methyl/N-ethyl adjacent to an activating group) is 1. The first-order chi connectivity index (χ1) is 12.1. The van der Waals surface area contributed by atoms with Crippen molar-refractivity contribution in [1.29, 1.82) is 0 Å². The van der Waals surface area contributed by atoms with Gasteiger partial charge < -0.3 is 9.88 Å². The van der Waals surface area contributed by atoms with Gasteiger partial charge in [-0.05, 0) is 68.8 Å². The Morgan fingerprint density at radius 1 is 1.28 bits per heavy atom. The molecule has 1 aliphatic carbocycles. The average molecular weight is 334 g/mol. The average Bonchev–Trinajstić information content (AvgIpc) is 3.16. The minimum Gasteiger partial charge on any atom is -0.361 e. The summed E-state index contributed by atoms with van der Waals surface area (Å²) in [6, 6.07) is 7.43. The van der Waals surface area contributed by atoms with Gasteiger partial charge in [-0.1, -0.05) is 12.1 Å². The molecule has 0 saturated carbocycles. The molecule has 3 heterocycles. The van der Waals surface area contributed by atoms with E-state index in [0.29, 0.717) is 17.9 Å². The summed E-state index contributed by atoms with van der Waals surface area (Å²) in [5.74, 6) is 1.33. The molecule has 4 heteroatoms. The highest BCUT2D eigenvalue weighted by molar-refractivity contribution is 5.88.